The van der Waals surface area contributed by atoms with E-state index in [9.17, 15) is 13.2 Å². The summed E-state index contributed by atoms with van der Waals surface area (Å²) >= 11 is 0. The maximum absolute atomic E-state index is 12.7. The molecule has 28 heavy (non-hydrogen) atoms. The van der Waals surface area contributed by atoms with Crippen molar-refractivity contribution < 1.29 is 13.2 Å². The molecule has 1 aliphatic heterocycles. The van der Waals surface area contributed by atoms with Gasteiger partial charge in [-0.2, -0.15) is 4.31 Å². The van der Waals surface area contributed by atoms with Crippen LogP contribution >= 0.6 is 0 Å². The molecule has 2 aromatic carbocycles. The first-order chi connectivity index (χ1) is 13.2. The van der Waals surface area contributed by atoms with Crippen LogP contribution in [-0.4, -0.2) is 56.0 Å². The second-order valence-electron chi connectivity index (χ2n) is 7.34. The Hall–Kier alpha value is -2.22. The van der Waals surface area contributed by atoms with Gasteiger partial charge in [-0.25, -0.2) is 8.42 Å². The molecule has 0 aromatic heterocycles. The van der Waals surface area contributed by atoms with Crippen molar-refractivity contribution in [2.75, 3.05) is 37.8 Å². The Labute approximate surface area is 167 Å². The second kappa shape index (κ2) is 8.43. The largest absolute Gasteiger partial charge is 0.322 e. The normalized spacial score (nSPS) is 16.1. The van der Waals surface area contributed by atoms with Gasteiger partial charge >= 0.3 is 0 Å². The second-order valence-corrected chi connectivity index (χ2v) is 9.32. The molecular weight excluding hydrogens is 374 g/mol. The van der Waals surface area contributed by atoms with Crippen LogP contribution in [0.25, 0.3) is 0 Å². The van der Waals surface area contributed by atoms with Gasteiger partial charge in [0, 0.05) is 44.0 Å². The molecule has 2 aromatic rings. The molecule has 6 nitrogen and oxygen atoms in total. The molecular formula is C21H27N3O3S. The Balaban J connectivity index is 1.64. The van der Waals surface area contributed by atoms with Crippen molar-refractivity contribution in [3.63, 3.8) is 0 Å². The van der Waals surface area contributed by atoms with Crippen LogP contribution in [0.2, 0.25) is 0 Å². The van der Waals surface area contributed by atoms with E-state index >= 15 is 0 Å². The van der Waals surface area contributed by atoms with Crippen LogP contribution in [0.5, 0.6) is 0 Å². The molecule has 0 atom stereocenters. The first-order valence-corrected chi connectivity index (χ1v) is 11.2. The number of carbonyl (C=O) groups excluding carboxylic acids is 1. The lowest BCUT2D eigenvalue weighted by atomic mass is 10.1. The molecule has 1 amide bonds. The zero-order valence-electron chi connectivity index (χ0n) is 16.6. The van der Waals surface area contributed by atoms with Gasteiger partial charge in [-0.15, -0.1) is 0 Å². The van der Waals surface area contributed by atoms with Crippen LogP contribution in [0.15, 0.2) is 42.5 Å². The fraction of sp³-hybridized carbons (Fsp3) is 0.381. The highest BCUT2D eigenvalue weighted by Gasteiger charge is 2.23. The van der Waals surface area contributed by atoms with Gasteiger partial charge in [0.05, 0.1) is 6.26 Å². The number of rotatable bonds is 5. The molecule has 1 saturated heterocycles. The van der Waals surface area contributed by atoms with Gasteiger partial charge in [0.15, 0.2) is 0 Å². The molecule has 0 unspecified atom stereocenters. The molecule has 0 bridgehead atoms. The summed E-state index contributed by atoms with van der Waals surface area (Å²) in [5.74, 6) is -0.127. The summed E-state index contributed by atoms with van der Waals surface area (Å²) in [7, 11) is -3.12. The zero-order chi connectivity index (χ0) is 20.3. The van der Waals surface area contributed by atoms with E-state index in [1.807, 2.05) is 56.3 Å². The maximum atomic E-state index is 12.7. The first kappa shape index (κ1) is 20.5. The molecule has 150 valence electrons. The summed E-state index contributed by atoms with van der Waals surface area (Å²) in [4.78, 5) is 14.9. The van der Waals surface area contributed by atoms with Crippen molar-refractivity contribution in [1.82, 2.24) is 9.21 Å². The van der Waals surface area contributed by atoms with Crippen LogP contribution in [0, 0.1) is 13.8 Å². The van der Waals surface area contributed by atoms with E-state index in [2.05, 4.69) is 10.2 Å². The molecule has 1 aliphatic rings. The van der Waals surface area contributed by atoms with Gasteiger partial charge in [-0.3, -0.25) is 9.69 Å². The minimum absolute atomic E-state index is 0.127. The predicted octanol–water partition coefficient (Wildman–Crippen LogP) is 2.63. The number of hydrogen-bond donors (Lipinski definition) is 1. The number of sulfonamides is 1. The molecule has 0 spiro atoms. The Bertz CT molecular complexity index is 965. The standard InChI is InChI=1S/C21H27N3O3S/c1-16-6-4-9-20(17(16)2)22-21(25)19-8-5-7-18(14-19)15-23-10-12-24(13-11-23)28(3,26)27/h4-9,14H,10-13,15H2,1-3H3,(H,22,25). The number of aryl methyl sites for hydroxylation is 1. The highest BCUT2D eigenvalue weighted by molar-refractivity contribution is 7.88. The van der Waals surface area contributed by atoms with E-state index in [4.69, 9.17) is 0 Å². The van der Waals surface area contributed by atoms with Crippen molar-refractivity contribution in [2.24, 2.45) is 0 Å². The van der Waals surface area contributed by atoms with Crippen molar-refractivity contribution in [3.8, 4) is 0 Å². The Morgan fingerprint density at radius 2 is 1.71 bits per heavy atom. The molecule has 7 heteroatoms. The summed E-state index contributed by atoms with van der Waals surface area (Å²) in [6.07, 6.45) is 1.25. The molecule has 0 radical (unpaired) electrons. The van der Waals surface area contributed by atoms with Crippen molar-refractivity contribution in [3.05, 3.63) is 64.7 Å². The van der Waals surface area contributed by atoms with Crippen LogP contribution in [0.3, 0.4) is 0 Å². The Kier molecular flexibility index (Phi) is 6.17. The minimum atomic E-state index is -3.12. The molecule has 0 aliphatic carbocycles. The number of piperazine rings is 1. The fourth-order valence-corrected chi connectivity index (χ4v) is 4.20. The smallest absolute Gasteiger partial charge is 0.255 e. The number of carbonyl (C=O) groups is 1. The summed E-state index contributed by atoms with van der Waals surface area (Å²) in [6, 6.07) is 13.5. The van der Waals surface area contributed by atoms with Gasteiger partial charge in [0.1, 0.15) is 0 Å². The Morgan fingerprint density at radius 3 is 2.39 bits per heavy atom. The first-order valence-electron chi connectivity index (χ1n) is 9.38. The number of hydrogen-bond acceptors (Lipinski definition) is 4. The molecule has 0 saturated carbocycles. The van der Waals surface area contributed by atoms with Gasteiger partial charge in [-0.1, -0.05) is 24.3 Å². The number of nitrogens with one attached hydrogen (secondary N) is 1. The van der Waals surface area contributed by atoms with Crippen LogP contribution in [-0.2, 0) is 16.6 Å². The quantitative estimate of drug-likeness (QED) is 0.836. The number of benzene rings is 2. The summed E-state index contributed by atoms with van der Waals surface area (Å²) in [6.45, 7) is 7.10. The predicted molar refractivity (Wildman–Crippen MR) is 112 cm³/mol. The van der Waals surface area contributed by atoms with Crippen LogP contribution < -0.4 is 5.32 Å². The maximum Gasteiger partial charge on any atom is 0.255 e. The third-order valence-electron chi connectivity index (χ3n) is 5.25. The van der Waals surface area contributed by atoms with E-state index < -0.39 is 10.0 Å². The third-order valence-corrected chi connectivity index (χ3v) is 6.55. The highest BCUT2D eigenvalue weighted by Crippen LogP contribution is 2.19. The average molecular weight is 402 g/mol. The number of anilines is 1. The highest BCUT2D eigenvalue weighted by atomic mass is 32.2. The van der Waals surface area contributed by atoms with E-state index in [1.54, 1.807) is 0 Å². The van der Waals surface area contributed by atoms with Gasteiger partial charge < -0.3 is 5.32 Å². The lowest BCUT2D eigenvalue weighted by Crippen LogP contribution is -2.47. The van der Waals surface area contributed by atoms with E-state index in [-0.39, 0.29) is 5.91 Å². The van der Waals surface area contributed by atoms with Gasteiger partial charge in [0.25, 0.3) is 5.91 Å². The summed E-state index contributed by atoms with van der Waals surface area (Å²) in [5.41, 5.74) is 4.69. The van der Waals surface area contributed by atoms with E-state index in [1.165, 1.54) is 10.6 Å². The van der Waals surface area contributed by atoms with Gasteiger partial charge in [0.2, 0.25) is 10.0 Å². The topological polar surface area (TPSA) is 69.7 Å². The monoisotopic (exact) mass is 401 g/mol. The lowest BCUT2D eigenvalue weighted by molar-refractivity contribution is 0.102. The third kappa shape index (κ3) is 4.98. The number of nitrogens with zero attached hydrogens (tertiary/aromatic N) is 2. The van der Waals surface area contributed by atoms with Gasteiger partial charge in [-0.05, 0) is 48.7 Å². The SMILES string of the molecule is Cc1cccc(NC(=O)c2cccc(CN3CCN(S(C)(=O)=O)CC3)c2)c1C. The summed E-state index contributed by atoms with van der Waals surface area (Å²) in [5, 5.41) is 2.99. The van der Waals surface area contributed by atoms with Crippen molar-refractivity contribution >= 4 is 21.6 Å². The van der Waals surface area contributed by atoms with Crippen molar-refractivity contribution in [2.45, 2.75) is 20.4 Å². The summed E-state index contributed by atoms with van der Waals surface area (Å²) < 4.78 is 24.8. The van der Waals surface area contributed by atoms with E-state index in [0.717, 1.165) is 22.4 Å². The molecule has 3 rings (SSSR count). The van der Waals surface area contributed by atoms with E-state index in [0.29, 0.717) is 38.3 Å². The lowest BCUT2D eigenvalue weighted by Gasteiger charge is -2.33. The minimum Gasteiger partial charge on any atom is -0.322 e. The molecule has 1 heterocycles. The zero-order valence-corrected chi connectivity index (χ0v) is 17.4. The Morgan fingerprint density at radius 1 is 1.04 bits per heavy atom. The van der Waals surface area contributed by atoms with Crippen LogP contribution in [0.4, 0.5) is 5.69 Å². The number of amides is 1. The average Bonchev–Trinajstić information content (AvgIpc) is 2.65. The molecule has 1 fully saturated rings. The van der Waals surface area contributed by atoms with Crippen LogP contribution in [0.1, 0.15) is 27.0 Å². The van der Waals surface area contributed by atoms with Crippen molar-refractivity contribution in [1.29, 1.82) is 0 Å². The molecule has 1 N–H and O–H groups in total. The fourth-order valence-electron chi connectivity index (χ4n) is 3.37.